The Kier molecular flexibility index (Phi) is 6.09. The molecule has 2 rings (SSSR count). The summed E-state index contributed by atoms with van der Waals surface area (Å²) in [6.45, 7) is 1.55. The van der Waals surface area contributed by atoms with Gasteiger partial charge in [-0.2, -0.15) is 0 Å². The van der Waals surface area contributed by atoms with Gasteiger partial charge in [-0.1, -0.05) is 19.3 Å². The van der Waals surface area contributed by atoms with Crippen LogP contribution in [0.5, 0.6) is 0 Å². The van der Waals surface area contributed by atoms with Crippen molar-refractivity contribution in [2.75, 3.05) is 20.3 Å². The van der Waals surface area contributed by atoms with Crippen LogP contribution in [0.25, 0.3) is 0 Å². The Labute approximate surface area is 122 Å². The summed E-state index contributed by atoms with van der Waals surface area (Å²) in [6.07, 6.45) is 8.50. The topological polar surface area (TPSA) is 64.3 Å². The molecule has 19 heavy (non-hydrogen) atoms. The lowest BCUT2D eigenvalue weighted by molar-refractivity contribution is -0.127. The second-order valence-electron chi connectivity index (χ2n) is 6.14. The van der Waals surface area contributed by atoms with E-state index in [1.165, 1.54) is 19.3 Å². The number of halogens is 1. The van der Waals surface area contributed by atoms with Gasteiger partial charge in [0.25, 0.3) is 0 Å². The second-order valence-corrected chi connectivity index (χ2v) is 6.14. The van der Waals surface area contributed by atoms with E-state index in [1.807, 2.05) is 0 Å². The highest BCUT2D eigenvalue weighted by atomic mass is 35.5. The average Bonchev–Trinajstić information content (AvgIpc) is 3.15. The Morgan fingerprint density at radius 3 is 2.37 bits per heavy atom. The highest BCUT2D eigenvalue weighted by Crippen LogP contribution is 2.48. The van der Waals surface area contributed by atoms with Crippen LogP contribution in [-0.4, -0.2) is 31.7 Å². The first-order chi connectivity index (χ1) is 8.60. The number of amides is 1. The summed E-state index contributed by atoms with van der Waals surface area (Å²) < 4.78 is 5.12. The SMILES string of the molecule is COCCC1(CNC(=O)C2(N)CCCCC2)CC1.Cl. The number of carbonyl (C=O) groups is 1. The molecular weight excluding hydrogens is 264 g/mol. The predicted molar refractivity (Wildman–Crippen MR) is 78.4 cm³/mol. The van der Waals surface area contributed by atoms with E-state index < -0.39 is 5.54 Å². The molecule has 0 radical (unpaired) electrons. The summed E-state index contributed by atoms with van der Waals surface area (Å²) in [7, 11) is 1.73. The van der Waals surface area contributed by atoms with E-state index in [9.17, 15) is 4.79 Å². The number of nitrogens with two attached hydrogens (primary N) is 1. The molecule has 2 aliphatic rings. The molecule has 0 spiro atoms. The molecule has 112 valence electrons. The van der Waals surface area contributed by atoms with Crippen LogP contribution in [0.1, 0.15) is 51.4 Å². The Morgan fingerprint density at radius 1 is 1.21 bits per heavy atom. The van der Waals surface area contributed by atoms with Crippen molar-refractivity contribution in [3.8, 4) is 0 Å². The molecule has 3 N–H and O–H groups in total. The third-order valence-corrected chi connectivity index (χ3v) is 4.62. The third-order valence-electron chi connectivity index (χ3n) is 4.62. The Morgan fingerprint density at radius 2 is 1.84 bits per heavy atom. The molecule has 0 unspecified atom stereocenters. The van der Waals surface area contributed by atoms with Gasteiger partial charge in [0.2, 0.25) is 5.91 Å². The Hall–Kier alpha value is -0.320. The van der Waals surface area contributed by atoms with Crippen LogP contribution in [0.2, 0.25) is 0 Å². The van der Waals surface area contributed by atoms with E-state index in [0.29, 0.717) is 5.41 Å². The van der Waals surface area contributed by atoms with Crippen LogP contribution in [0.15, 0.2) is 0 Å². The van der Waals surface area contributed by atoms with Crippen LogP contribution in [0.3, 0.4) is 0 Å². The third kappa shape index (κ3) is 4.33. The minimum Gasteiger partial charge on any atom is -0.385 e. The van der Waals surface area contributed by atoms with Crippen molar-refractivity contribution in [2.45, 2.75) is 56.9 Å². The summed E-state index contributed by atoms with van der Waals surface area (Å²) in [5.41, 5.74) is 5.92. The molecular formula is C14H27ClN2O2. The van der Waals surface area contributed by atoms with Gasteiger partial charge < -0.3 is 15.8 Å². The highest BCUT2D eigenvalue weighted by Gasteiger charge is 2.43. The van der Waals surface area contributed by atoms with E-state index in [1.54, 1.807) is 7.11 Å². The fourth-order valence-electron chi connectivity index (χ4n) is 2.86. The molecule has 0 heterocycles. The fraction of sp³-hybridized carbons (Fsp3) is 0.929. The normalized spacial score (nSPS) is 23.3. The zero-order valence-electron chi connectivity index (χ0n) is 11.9. The minimum atomic E-state index is -0.602. The van der Waals surface area contributed by atoms with Gasteiger partial charge in [-0.3, -0.25) is 4.79 Å². The quantitative estimate of drug-likeness (QED) is 0.786. The maximum Gasteiger partial charge on any atom is 0.240 e. The van der Waals surface area contributed by atoms with Crippen molar-refractivity contribution in [1.82, 2.24) is 5.32 Å². The first-order valence-corrected chi connectivity index (χ1v) is 7.16. The van der Waals surface area contributed by atoms with Gasteiger partial charge in [0.15, 0.2) is 0 Å². The zero-order valence-corrected chi connectivity index (χ0v) is 12.7. The van der Waals surface area contributed by atoms with Gasteiger partial charge in [-0.05, 0) is 37.5 Å². The number of hydrogen-bond acceptors (Lipinski definition) is 3. The summed E-state index contributed by atoms with van der Waals surface area (Å²) in [5.74, 6) is 0.0610. The molecule has 2 aliphatic carbocycles. The highest BCUT2D eigenvalue weighted by molar-refractivity contribution is 5.86. The number of carbonyl (C=O) groups excluding carboxylic acids is 1. The van der Waals surface area contributed by atoms with Gasteiger partial charge in [-0.25, -0.2) is 0 Å². The monoisotopic (exact) mass is 290 g/mol. The molecule has 0 aliphatic heterocycles. The number of hydrogen-bond donors (Lipinski definition) is 2. The standard InChI is InChI=1S/C14H26N2O2.ClH/c1-18-10-9-13(7-8-13)11-16-12(17)14(15)5-3-2-4-6-14;/h2-11,15H2,1H3,(H,16,17);1H. The first kappa shape index (κ1) is 16.7. The van der Waals surface area contributed by atoms with E-state index in [2.05, 4.69) is 5.32 Å². The van der Waals surface area contributed by atoms with Crippen LogP contribution >= 0.6 is 12.4 Å². The van der Waals surface area contributed by atoms with Gasteiger partial charge in [-0.15, -0.1) is 12.4 Å². The second kappa shape index (κ2) is 6.91. The molecule has 0 aromatic carbocycles. The molecule has 0 atom stereocenters. The minimum absolute atomic E-state index is 0. The van der Waals surface area contributed by atoms with Crippen LogP contribution in [-0.2, 0) is 9.53 Å². The van der Waals surface area contributed by atoms with Gasteiger partial charge in [0.1, 0.15) is 0 Å². The predicted octanol–water partition coefficient (Wildman–Crippen LogP) is 2.00. The lowest BCUT2D eigenvalue weighted by atomic mass is 9.82. The van der Waals surface area contributed by atoms with Crippen molar-refractivity contribution in [2.24, 2.45) is 11.1 Å². The smallest absolute Gasteiger partial charge is 0.240 e. The van der Waals surface area contributed by atoms with Gasteiger partial charge in [0.05, 0.1) is 5.54 Å². The van der Waals surface area contributed by atoms with Crippen molar-refractivity contribution in [1.29, 1.82) is 0 Å². The Bertz CT molecular complexity index is 300. The van der Waals surface area contributed by atoms with Gasteiger partial charge in [0, 0.05) is 20.3 Å². The number of rotatable bonds is 6. The van der Waals surface area contributed by atoms with Crippen LogP contribution < -0.4 is 11.1 Å². The lowest BCUT2D eigenvalue weighted by Gasteiger charge is -2.32. The molecule has 2 fully saturated rings. The molecule has 4 nitrogen and oxygen atoms in total. The first-order valence-electron chi connectivity index (χ1n) is 7.16. The van der Waals surface area contributed by atoms with Crippen molar-refractivity contribution in [3.05, 3.63) is 0 Å². The van der Waals surface area contributed by atoms with Crippen molar-refractivity contribution < 1.29 is 9.53 Å². The molecule has 0 aromatic rings. The summed E-state index contributed by atoms with van der Waals surface area (Å²) in [4.78, 5) is 12.2. The van der Waals surface area contributed by atoms with E-state index in [-0.39, 0.29) is 18.3 Å². The molecule has 0 saturated heterocycles. The summed E-state index contributed by atoms with van der Waals surface area (Å²) in [5, 5.41) is 3.09. The number of ether oxygens (including phenoxy) is 1. The fourth-order valence-corrected chi connectivity index (χ4v) is 2.86. The van der Waals surface area contributed by atoms with Crippen LogP contribution in [0, 0.1) is 5.41 Å². The molecule has 2 saturated carbocycles. The lowest BCUT2D eigenvalue weighted by Crippen LogP contribution is -2.55. The Balaban J connectivity index is 0.00000180. The van der Waals surface area contributed by atoms with E-state index in [0.717, 1.165) is 45.3 Å². The maximum atomic E-state index is 12.2. The van der Waals surface area contributed by atoms with E-state index in [4.69, 9.17) is 10.5 Å². The number of nitrogens with one attached hydrogen (secondary N) is 1. The number of methoxy groups -OCH3 is 1. The van der Waals surface area contributed by atoms with Gasteiger partial charge >= 0.3 is 0 Å². The van der Waals surface area contributed by atoms with Crippen molar-refractivity contribution >= 4 is 18.3 Å². The molecule has 5 heteroatoms. The van der Waals surface area contributed by atoms with Crippen molar-refractivity contribution in [3.63, 3.8) is 0 Å². The summed E-state index contributed by atoms with van der Waals surface area (Å²) in [6, 6.07) is 0. The summed E-state index contributed by atoms with van der Waals surface area (Å²) >= 11 is 0. The molecule has 0 aromatic heterocycles. The molecule has 1 amide bonds. The largest absolute Gasteiger partial charge is 0.385 e. The molecule has 0 bridgehead atoms. The van der Waals surface area contributed by atoms with Crippen LogP contribution in [0.4, 0.5) is 0 Å². The zero-order chi connectivity index (χ0) is 13.1. The maximum absolute atomic E-state index is 12.2. The average molecular weight is 291 g/mol. The van der Waals surface area contributed by atoms with E-state index >= 15 is 0 Å².